The maximum Gasteiger partial charge on any atom is 0.191 e. The van der Waals surface area contributed by atoms with Crippen molar-refractivity contribution in [2.45, 2.75) is 46.1 Å². The lowest BCUT2D eigenvalue weighted by Crippen LogP contribution is -2.45. The molecule has 0 saturated carbocycles. The van der Waals surface area contributed by atoms with E-state index in [4.69, 9.17) is 4.99 Å². The summed E-state index contributed by atoms with van der Waals surface area (Å²) in [5.74, 6) is 2.42. The molecular weight excluding hydrogens is 473 g/mol. The fourth-order valence-electron chi connectivity index (χ4n) is 4.47. The van der Waals surface area contributed by atoms with Gasteiger partial charge in [-0.1, -0.05) is 32.0 Å². The van der Waals surface area contributed by atoms with Gasteiger partial charge in [-0.3, -0.25) is 4.99 Å². The molecule has 2 aliphatic heterocycles. The minimum absolute atomic E-state index is 0. The smallest absolute Gasteiger partial charge is 0.191 e. The molecule has 6 heteroatoms. The van der Waals surface area contributed by atoms with E-state index in [1.54, 1.807) is 0 Å². The molecule has 164 valence electrons. The molecule has 0 radical (unpaired) electrons. The second kappa shape index (κ2) is 12.6. The van der Waals surface area contributed by atoms with Gasteiger partial charge in [-0.15, -0.1) is 24.0 Å². The second-order valence-corrected chi connectivity index (χ2v) is 8.79. The number of guanidine groups is 1. The monoisotopic (exact) mass is 513 g/mol. The van der Waals surface area contributed by atoms with Crippen LogP contribution < -0.4 is 15.5 Å². The topological polar surface area (TPSA) is 42.9 Å². The third-order valence-electron chi connectivity index (χ3n) is 5.73. The molecule has 0 bridgehead atoms. The Bertz CT molecular complexity index is 607. The first kappa shape index (κ1) is 24.3. The molecule has 0 spiro atoms. The number of likely N-dealkylation sites (tertiary alicyclic amines) is 1. The zero-order valence-corrected chi connectivity index (χ0v) is 20.8. The lowest BCUT2D eigenvalue weighted by Gasteiger charge is -2.33. The van der Waals surface area contributed by atoms with E-state index in [1.807, 2.05) is 0 Å². The number of hydrogen-bond donors (Lipinski definition) is 2. The molecule has 1 aromatic carbocycles. The minimum atomic E-state index is 0. The van der Waals surface area contributed by atoms with Gasteiger partial charge in [0.15, 0.2) is 5.96 Å². The summed E-state index contributed by atoms with van der Waals surface area (Å²) in [5, 5.41) is 7.14. The van der Waals surface area contributed by atoms with Crippen molar-refractivity contribution in [3.63, 3.8) is 0 Å². The first-order valence-electron chi connectivity index (χ1n) is 11.2. The van der Waals surface area contributed by atoms with E-state index in [2.05, 4.69) is 71.5 Å². The van der Waals surface area contributed by atoms with Crippen LogP contribution in [0.15, 0.2) is 35.3 Å². The molecule has 1 aromatic rings. The van der Waals surface area contributed by atoms with E-state index in [0.717, 1.165) is 44.5 Å². The van der Waals surface area contributed by atoms with Crippen LogP contribution in [0.2, 0.25) is 0 Å². The summed E-state index contributed by atoms with van der Waals surface area (Å²) in [6.07, 6.45) is 3.78. The Labute approximate surface area is 194 Å². The maximum absolute atomic E-state index is 4.96. The minimum Gasteiger partial charge on any atom is -0.369 e. The van der Waals surface area contributed by atoms with Crippen molar-refractivity contribution >= 4 is 35.6 Å². The number of aliphatic imine (C=N–C) groups is 1. The van der Waals surface area contributed by atoms with Gasteiger partial charge in [0.05, 0.1) is 0 Å². The predicted octanol–water partition coefficient (Wildman–Crippen LogP) is 3.81. The van der Waals surface area contributed by atoms with E-state index in [0.29, 0.717) is 12.0 Å². The van der Waals surface area contributed by atoms with Gasteiger partial charge in [0.1, 0.15) is 0 Å². The lowest BCUT2D eigenvalue weighted by atomic mass is 9.97. The SMILES string of the molecule is CCNC(=NCC1CCCN(CC(C)C)C1)NC1CCN(c2ccccc2)C1.I. The highest BCUT2D eigenvalue weighted by Crippen LogP contribution is 2.20. The molecule has 3 rings (SSSR count). The first-order valence-corrected chi connectivity index (χ1v) is 11.2. The summed E-state index contributed by atoms with van der Waals surface area (Å²) < 4.78 is 0. The van der Waals surface area contributed by atoms with Crippen LogP contribution in [0.4, 0.5) is 5.69 Å². The van der Waals surface area contributed by atoms with Crippen LogP contribution in [-0.4, -0.2) is 62.7 Å². The summed E-state index contributed by atoms with van der Waals surface area (Å²) >= 11 is 0. The van der Waals surface area contributed by atoms with Crippen LogP contribution in [0.1, 0.15) is 40.0 Å². The van der Waals surface area contributed by atoms with Crippen molar-refractivity contribution in [2.75, 3.05) is 50.7 Å². The Kier molecular flexibility index (Phi) is 10.6. The largest absolute Gasteiger partial charge is 0.369 e. The molecule has 0 aromatic heterocycles. The van der Waals surface area contributed by atoms with E-state index in [9.17, 15) is 0 Å². The summed E-state index contributed by atoms with van der Waals surface area (Å²) in [6, 6.07) is 11.2. The number of nitrogens with one attached hydrogen (secondary N) is 2. The molecular formula is C23H40IN5. The number of piperidine rings is 1. The van der Waals surface area contributed by atoms with E-state index >= 15 is 0 Å². The molecule has 2 N–H and O–H groups in total. The average molecular weight is 514 g/mol. The maximum atomic E-state index is 4.96. The van der Waals surface area contributed by atoms with Crippen molar-refractivity contribution in [2.24, 2.45) is 16.8 Å². The highest BCUT2D eigenvalue weighted by Gasteiger charge is 2.24. The van der Waals surface area contributed by atoms with E-state index in [-0.39, 0.29) is 24.0 Å². The van der Waals surface area contributed by atoms with Gasteiger partial charge in [0.2, 0.25) is 0 Å². The third kappa shape index (κ3) is 7.96. The number of para-hydroxylation sites is 1. The predicted molar refractivity (Wildman–Crippen MR) is 136 cm³/mol. The molecule has 2 aliphatic rings. The van der Waals surface area contributed by atoms with E-state index < -0.39 is 0 Å². The Morgan fingerprint density at radius 2 is 1.93 bits per heavy atom. The van der Waals surface area contributed by atoms with Crippen LogP contribution in [0.25, 0.3) is 0 Å². The van der Waals surface area contributed by atoms with Crippen LogP contribution in [0.3, 0.4) is 0 Å². The number of nitrogens with zero attached hydrogens (tertiary/aromatic N) is 3. The number of rotatable bonds is 7. The highest BCUT2D eigenvalue weighted by atomic mass is 127. The number of benzene rings is 1. The normalized spacial score (nSPS) is 23.2. The summed E-state index contributed by atoms with van der Waals surface area (Å²) in [7, 11) is 0. The van der Waals surface area contributed by atoms with Crippen molar-refractivity contribution in [1.29, 1.82) is 0 Å². The van der Waals surface area contributed by atoms with Crippen LogP contribution in [-0.2, 0) is 0 Å². The van der Waals surface area contributed by atoms with Gasteiger partial charge in [-0.2, -0.15) is 0 Å². The second-order valence-electron chi connectivity index (χ2n) is 8.79. The number of hydrogen-bond acceptors (Lipinski definition) is 3. The van der Waals surface area contributed by atoms with Gasteiger partial charge in [-0.05, 0) is 56.7 Å². The first-order chi connectivity index (χ1) is 13.6. The molecule has 2 heterocycles. The Morgan fingerprint density at radius 1 is 1.14 bits per heavy atom. The third-order valence-corrected chi connectivity index (χ3v) is 5.73. The van der Waals surface area contributed by atoms with Crippen molar-refractivity contribution in [1.82, 2.24) is 15.5 Å². The Balaban J connectivity index is 0.00000300. The zero-order chi connectivity index (χ0) is 19.8. The average Bonchev–Trinajstić information content (AvgIpc) is 3.15. The number of halogens is 1. The fourth-order valence-corrected chi connectivity index (χ4v) is 4.47. The van der Waals surface area contributed by atoms with Crippen LogP contribution in [0, 0.1) is 11.8 Å². The molecule has 29 heavy (non-hydrogen) atoms. The zero-order valence-electron chi connectivity index (χ0n) is 18.4. The standard InChI is InChI=1S/C23H39N5.HI/c1-4-24-23(25-15-20-9-8-13-27(17-20)16-19(2)3)26-21-12-14-28(18-21)22-10-6-5-7-11-22;/h5-7,10-11,19-21H,4,8-9,12-18H2,1-3H3,(H2,24,25,26);1H. The van der Waals surface area contributed by atoms with Gasteiger partial charge in [0, 0.05) is 51.0 Å². The fraction of sp³-hybridized carbons (Fsp3) is 0.696. The molecule has 2 unspecified atom stereocenters. The lowest BCUT2D eigenvalue weighted by molar-refractivity contribution is 0.162. The molecule has 5 nitrogen and oxygen atoms in total. The van der Waals surface area contributed by atoms with Crippen molar-refractivity contribution in [3.8, 4) is 0 Å². The van der Waals surface area contributed by atoms with Gasteiger partial charge >= 0.3 is 0 Å². The quantitative estimate of drug-likeness (QED) is 0.331. The Morgan fingerprint density at radius 3 is 2.66 bits per heavy atom. The van der Waals surface area contributed by atoms with Crippen LogP contribution in [0.5, 0.6) is 0 Å². The summed E-state index contributed by atoms with van der Waals surface area (Å²) in [5.41, 5.74) is 1.32. The molecule has 0 aliphatic carbocycles. The van der Waals surface area contributed by atoms with Crippen molar-refractivity contribution in [3.05, 3.63) is 30.3 Å². The number of anilines is 1. The summed E-state index contributed by atoms with van der Waals surface area (Å²) in [6.45, 7) is 14.4. The van der Waals surface area contributed by atoms with Gasteiger partial charge in [-0.25, -0.2) is 0 Å². The molecule has 2 atom stereocenters. The molecule has 2 fully saturated rings. The van der Waals surface area contributed by atoms with E-state index in [1.165, 1.54) is 38.2 Å². The Hall–Kier alpha value is -1.02. The summed E-state index contributed by atoms with van der Waals surface area (Å²) in [4.78, 5) is 10.1. The highest BCUT2D eigenvalue weighted by molar-refractivity contribution is 14.0. The van der Waals surface area contributed by atoms with Crippen LogP contribution >= 0.6 is 24.0 Å². The van der Waals surface area contributed by atoms with Gasteiger partial charge in [0.25, 0.3) is 0 Å². The van der Waals surface area contributed by atoms with Gasteiger partial charge < -0.3 is 20.4 Å². The van der Waals surface area contributed by atoms with Crippen molar-refractivity contribution < 1.29 is 0 Å². The molecule has 0 amide bonds. The molecule has 2 saturated heterocycles.